The SMILES string of the molecule is C[C@@H](OC[C@H]1CCCO1)C(=O)NS(=O)(=O)c1ccc(Cl)cn1. The Balaban J connectivity index is 1.90. The standard InChI is InChI=1S/C13H17ClN2O5S/c1-9(21-8-11-3-2-6-20-11)13(17)16-22(18,19)12-5-4-10(14)7-15-12/h4-5,7,9,11H,2-3,6,8H2,1H3,(H,16,17)/t9-,11-/m1/s1. The van der Waals surface area contributed by atoms with Crippen LogP contribution in [0.2, 0.25) is 5.02 Å². The van der Waals surface area contributed by atoms with Crippen LogP contribution in [0.15, 0.2) is 23.4 Å². The monoisotopic (exact) mass is 348 g/mol. The average Bonchev–Trinajstić information content (AvgIpc) is 2.98. The maximum absolute atomic E-state index is 12.0. The van der Waals surface area contributed by atoms with E-state index >= 15 is 0 Å². The van der Waals surface area contributed by atoms with Gasteiger partial charge < -0.3 is 9.47 Å². The summed E-state index contributed by atoms with van der Waals surface area (Å²) in [4.78, 5) is 15.6. The van der Waals surface area contributed by atoms with Gasteiger partial charge in [0.25, 0.3) is 15.9 Å². The third-order valence-electron chi connectivity index (χ3n) is 3.14. The van der Waals surface area contributed by atoms with E-state index in [1.54, 1.807) is 0 Å². The lowest BCUT2D eigenvalue weighted by molar-refractivity contribution is -0.131. The van der Waals surface area contributed by atoms with E-state index in [-0.39, 0.29) is 17.7 Å². The van der Waals surface area contributed by atoms with Gasteiger partial charge in [-0.15, -0.1) is 0 Å². The fourth-order valence-corrected chi connectivity index (χ4v) is 2.98. The molecule has 0 saturated carbocycles. The van der Waals surface area contributed by atoms with Crippen molar-refractivity contribution >= 4 is 27.5 Å². The van der Waals surface area contributed by atoms with Crippen molar-refractivity contribution in [3.05, 3.63) is 23.4 Å². The molecule has 22 heavy (non-hydrogen) atoms. The smallest absolute Gasteiger partial charge is 0.281 e. The lowest BCUT2D eigenvalue weighted by atomic mass is 10.2. The first-order valence-corrected chi connectivity index (χ1v) is 8.66. The van der Waals surface area contributed by atoms with Crippen molar-refractivity contribution in [3.8, 4) is 0 Å². The van der Waals surface area contributed by atoms with Gasteiger partial charge in [-0.25, -0.2) is 9.71 Å². The van der Waals surface area contributed by atoms with Crippen LogP contribution in [0.3, 0.4) is 0 Å². The van der Waals surface area contributed by atoms with Gasteiger partial charge in [-0.05, 0) is 31.9 Å². The van der Waals surface area contributed by atoms with Crippen LogP contribution in [-0.2, 0) is 24.3 Å². The van der Waals surface area contributed by atoms with Crippen molar-refractivity contribution in [1.29, 1.82) is 0 Å². The van der Waals surface area contributed by atoms with Gasteiger partial charge in [-0.1, -0.05) is 11.6 Å². The van der Waals surface area contributed by atoms with Crippen LogP contribution in [0, 0.1) is 0 Å². The number of ether oxygens (including phenoxy) is 2. The Morgan fingerprint density at radius 3 is 2.95 bits per heavy atom. The number of sulfonamides is 1. The highest BCUT2D eigenvalue weighted by molar-refractivity contribution is 7.90. The van der Waals surface area contributed by atoms with Gasteiger partial charge in [0.05, 0.1) is 17.7 Å². The Bertz CT molecular complexity index is 614. The van der Waals surface area contributed by atoms with Crippen LogP contribution in [0.1, 0.15) is 19.8 Å². The molecule has 0 spiro atoms. The second-order valence-corrected chi connectivity index (χ2v) is 6.96. The summed E-state index contributed by atoms with van der Waals surface area (Å²) in [6.45, 7) is 2.42. The summed E-state index contributed by atoms with van der Waals surface area (Å²) in [6.07, 6.45) is 2.08. The van der Waals surface area contributed by atoms with Crippen molar-refractivity contribution in [2.24, 2.45) is 0 Å². The molecule has 1 aromatic rings. The van der Waals surface area contributed by atoms with Gasteiger partial charge in [0.15, 0.2) is 5.03 Å². The highest BCUT2D eigenvalue weighted by atomic mass is 35.5. The van der Waals surface area contributed by atoms with E-state index in [9.17, 15) is 13.2 Å². The number of carbonyl (C=O) groups excluding carboxylic acids is 1. The van der Waals surface area contributed by atoms with Gasteiger partial charge in [-0.2, -0.15) is 8.42 Å². The van der Waals surface area contributed by atoms with Crippen molar-refractivity contribution < 1.29 is 22.7 Å². The lowest BCUT2D eigenvalue weighted by Crippen LogP contribution is -2.39. The summed E-state index contributed by atoms with van der Waals surface area (Å²) in [6, 6.07) is 2.60. The molecule has 2 heterocycles. The van der Waals surface area contributed by atoms with Crippen molar-refractivity contribution in [2.75, 3.05) is 13.2 Å². The highest BCUT2D eigenvalue weighted by Gasteiger charge is 2.24. The van der Waals surface area contributed by atoms with Crippen LogP contribution in [0.5, 0.6) is 0 Å². The molecule has 122 valence electrons. The Kier molecular flexibility index (Phi) is 5.74. The highest BCUT2D eigenvalue weighted by Crippen LogP contribution is 2.13. The maximum Gasteiger partial charge on any atom is 0.281 e. The first-order valence-electron chi connectivity index (χ1n) is 6.80. The van der Waals surface area contributed by atoms with E-state index in [1.165, 1.54) is 25.3 Å². The van der Waals surface area contributed by atoms with E-state index in [4.69, 9.17) is 21.1 Å². The molecule has 0 radical (unpaired) electrons. The predicted octanol–water partition coefficient (Wildman–Crippen LogP) is 1.12. The van der Waals surface area contributed by atoms with Crippen LogP contribution in [-0.4, -0.2) is 44.7 Å². The largest absolute Gasteiger partial charge is 0.376 e. The van der Waals surface area contributed by atoms with Crippen molar-refractivity contribution in [3.63, 3.8) is 0 Å². The molecular formula is C13H17ClN2O5S. The van der Waals surface area contributed by atoms with Crippen LogP contribution in [0.25, 0.3) is 0 Å². The average molecular weight is 349 g/mol. The molecule has 0 aromatic carbocycles. The fourth-order valence-electron chi connectivity index (χ4n) is 1.89. The molecule has 1 aromatic heterocycles. The van der Waals surface area contributed by atoms with Crippen LogP contribution >= 0.6 is 11.6 Å². The second kappa shape index (κ2) is 7.36. The minimum absolute atomic E-state index is 0.0372. The van der Waals surface area contributed by atoms with Crippen LogP contribution in [0.4, 0.5) is 0 Å². The van der Waals surface area contributed by atoms with Gasteiger partial charge in [0.2, 0.25) is 0 Å². The summed E-state index contributed by atoms with van der Waals surface area (Å²) in [5.74, 6) is -0.755. The summed E-state index contributed by atoms with van der Waals surface area (Å²) in [7, 11) is -4.04. The number of hydrogen-bond donors (Lipinski definition) is 1. The van der Waals surface area contributed by atoms with Gasteiger partial charge in [-0.3, -0.25) is 4.79 Å². The number of pyridine rings is 1. The van der Waals surface area contributed by atoms with E-state index in [1.807, 2.05) is 4.72 Å². The Labute approximate surface area is 134 Å². The quantitative estimate of drug-likeness (QED) is 0.828. The van der Waals surface area contributed by atoms with E-state index in [0.717, 1.165) is 12.8 Å². The fraction of sp³-hybridized carbons (Fsp3) is 0.538. The molecule has 1 amide bonds. The molecule has 7 nitrogen and oxygen atoms in total. The van der Waals surface area contributed by atoms with E-state index < -0.39 is 22.0 Å². The normalized spacial score (nSPS) is 19.8. The number of halogens is 1. The Hall–Kier alpha value is -1.22. The van der Waals surface area contributed by atoms with Crippen molar-refractivity contribution in [1.82, 2.24) is 9.71 Å². The molecule has 0 aliphatic carbocycles. The molecule has 9 heteroatoms. The molecule has 1 fully saturated rings. The van der Waals surface area contributed by atoms with Crippen molar-refractivity contribution in [2.45, 2.75) is 37.0 Å². The molecular weight excluding hydrogens is 332 g/mol. The summed E-state index contributed by atoms with van der Waals surface area (Å²) >= 11 is 5.64. The predicted molar refractivity (Wildman–Crippen MR) is 79.0 cm³/mol. The molecule has 2 rings (SSSR count). The van der Waals surface area contributed by atoms with Gasteiger partial charge in [0.1, 0.15) is 6.10 Å². The number of nitrogens with zero attached hydrogens (tertiary/aromatic N) is 1. The molecule has 1 saturated heterocycles. The number of hydrogen-bond acceptors (Lipinski definition) is 6. The summed E-state index contributed by atoms with van der Waals surface area (Å²) < 4.78 is 36.6. The Morgan fingerprint density at radius 1 is 1.59 bits per heavy atom. The molecule has 1 aliphatic heterocycles. The number of nitrogens with one attached hydrogen (secondary N) is 1. The third kappa shape index (κ3) is 4.64. The zero-order valence-corrected chi connectivity index (χ0v) is 13.6. The molecule has 0 unspecified atom stereocenters. The summed E-state index contributed by atoms with van der Waals surface area (Å²) in [5.41, 5.74) is 0. The van der Waals surface area contributed by atoms with E-state index in [0.29, 0.717) is 11.6 Å². The second-order valence-electron chi connectivity index (χ2n) is 4.89. The number of rotatable bonds is 6. The first kappa shape index (κ1) is 17.1. The number of amides is 1. The zero-order valence-electron chi connectivity index (χ0n) is 12.0. The minimum atomic E-state index is -4.04. The third-order valence-corrected chi connectivity index (χ3v) is 4.62. The molecule has 1 N–H and O–H groups in total. The maximum atomic E-state index is 12.0. The summed E-state index contributed by atoms with van der Waals surface area (Å²) in [5, 5.41) is 0.0233. The van der Waals surface area contributed by atoms with E-state index in [2.05, 4.69) is 4.98 Å². The first-order chi connectivity index (χ1) is 10.4. The molecule has 1 aliphatic rings. The minimum Gasteiger partial charge on any atom is -0.376 e. The zero-order chi connectivity index (χ0) is 16.2. The Morgan fingerprint density at radius 2 is 2.36 bits per heavy atom. The van der Waals surface area contributed by atoms with Gasteiger partial charge in [0, 0.05) is 12.8 Å². The number of carbonyl (C=O) groups is 1. The molecule has 2 atom stereocenters. The lowest BCUT2D eigenvalue weighted by Gasteiger charge is -2.16. The van der Waals surface area contributed by atoms with Gasteiger partial charge >= 0.3 is 0 Å². The topological polar surface area (TPSA) is 94.6 Å². The molecule has 0 bridgehead atoms. The number of aromatic nitrogens is 1. The van der Waals surface area contributed by atoms with Crippen LogP contribution < -0.4 is 4.72 Å².